The number of thiazole rings is 1. The molecule has 140 valence electrons. The van der Waals surface area contributed by atoms with Gasteiger partial charge in [0.15, 0.2) is 0 Å². The fourth-order valence-corrected chi connectivity index (χ4v) is 4.18. The number of aromatic nitrogens is 1. The SMILES string of the molecule is CCCN1CCCN(CC(=O)NCCc2nc3ccccc3s2)CC1=O. The van der Waals surface area contributed by atoms with Crippen LogP contribution in [0.15, 0.2) is 24.3 Å². The molecule has 0 aliphatic carbocycles. The van der Waals surface area contributed by atoms with Crippen molar-refractivity contribution in [2.24, 2.45) is 0 Å². The van der Waals surface area contributed by atoms with Crippen LogP contribution in [0.3, 0.4) is 0 Å². The van der Waals surface area contributed by atoms with Crippen molar-refractivity contribution < 1.29 is 9.59 Å². The lowest BCUT2D eigenvalue weighted by molar-refractivity contribution is -0.131. The molecule has 1 N–H and O–H groups in total. The molecule has 0 radical (unpaired) electrons. The summed E-state index contributed by atoms with van der Waals surface area (Å²) in [5.41, 5.74) is 1.01. The Morgan fingerprint density at radius 2 is 2.15 bits per heavy atom. The van der Waals surface area contributed by atoms with Crippen LogP contribution in [0.5, 0.6) is 0 Å². The fourth-order valence-electron chi connectivity index (χ4n) is 3.22. The summed E-state index contributed by atoms with van der Waals surface area (Å²) < 4.78 is 1.17. The first-order chi connectivity index (χ1) is 12.7. The molecular weight excluding hydrogens is 348 g/mol. The second-order valence-electron chi connectivity index (χ2n) is 6.62. The normalized spacial score (nSPS) is 16.0. The Balaban J connectivity index is 1.43. The average molecular weight is 375 g/mol. The summed E-state index contributed by atoms with van der Waals surface area (Å²) in [6.45, 7) is 5.66. The Morgan fingerprint density at radius 3 is 2.96 bits per heavy atom. The van der Waals surface area contributed by atoms with E-state index in [2.05, 4.69) is 23.3 Å². The molecule has 2 amide bonds. The number of nitrogens with zero attached hydrogens (tertiary/aromatic N) is 3. The van der Waals surface area contributed by atoms with Crippen LogP contribution >= 0.6 is 11.3 Å². The molecule has 1 aliphatic rings. The van der Waals surface area contributed by atoms with E-state index in [1.807, 2.05) is 28.0 Å². The monoisotopic (exact) mass is 374 g/mol. The van der Waals surface area contributed by atoms with Gasteiger partial charge in [-0.3, -0.25) is 14.5 Å². The van der Waals surface area contributed by atoms with Gasteiger partial charge in [0.2, 0.25) is 11.8 Å². The standard InChI is InChI=1S/C19H26N4O2S/c1-2-10-23-12-5-11-22(14-19(23)25)13-17(24)20-9-8-18-21-15-6-3-4-7-16(15)26-18/h3-4,6-7H,2,5,8-14H2,1H3,(H,20,24). The van der Waals surface area contributed by atoms with Crippen LogP contribution in [0.4, 0.5) is 0 Å². The topological polar surface area (TPSA) is 65.5 Å². The highest BCUT2D eigenvalue weighted by Crippen LogP contribution is 2.21. The average Bonchev–Trinajstić information content (AvgIpc) is 2.95. The number of carbonyl (C=O) groups is 2. The molecule has 0 spiro atoms. The van der Waals surface area contributed by atoms with Crippen LogP contribution in [0.1, 0.15) is 24.8 Å². The van der Waals surface area contributed by atoms with Gasteiger partial charge >= 0.3 is 0 Å². The molecule has 0 unspecified atom stereocenters. The maximum atomic E-state index is 12.2. The van der Waals surface area contributed by atoms with Gasteiger partial charge in [0.25, 0.3) is 0 Å². The highest BCUT2D eigenvalue weighted by Gasteiger charge is 2.22. The van der Waals surface area contributed by atoms with Gasteiger partial charge in [-0.25, -0.2) is 4.98 Å². The Hall–Kier alpha value is -1.99. The van der Waals surface area contributed by atoms with E-state index in [0.717, 1.165) is 49.4 Å². The minimum Gasteiger partial charge on any atom is -0.355 e. The lowest BCUT2D eigenvalue weighted by Crippen LogP contribution is -2.42. The predicted octanol–water partition coefficient (Wildman–Crippen LogP) is 1.90. The van der Waals surface area contributed by atoms with E-state index in [0.29, 0.717) is 13.1 Å². The van der Waals surface area contributed by atoms with E-state index in [9.17, 15) is 9.59 Å². The molecule has 2 aromatic rings. The van der Waals surface area contributed by atoms with Gasteiger partial charge in [-0.15, -0.1) is 11.3 Å². The van der Waals surface area contributed by atoms with Crippen molar-refractivity contribution in [2.45, 2.75) is 26.2 Å². The first-order valence-electron chi connectivity index (χ1n) is 9.27. The molecule has 0 atom stereocenters. The molecule has 1 aliphatic heterocycles. The van der Waals surface area contributed by atoms with Gasteiger partial charge in [0.1, 0.15) is 0 Å². The Bertz CT molecular complexity index is 728. The van der Waals surface area contributed by atoms with Crippen molar-refractivity contribution in [2.75, 3.05) is 39.3 Å². The van der Waals surface area contributed by atoms with Crippen molar-refractivity contribution in [3.8, 4) is 0 Å². The third-order valence-electron chi connectivity index (χ3n) is 4.47. The largest absolute Gasteiger partial charge is 0.355 e. The summed E-state index contributed by atoms with van der Waals surface area (Å²) in [6.07, 6.45) is 2.62. The molecule has 1 fully saturated rings. The first-order valence-corrected chi connectivity index (χ1v) is 10.1. The predicted molar refractivity (Wildman–Crippen MR) is 104 cm³/mol. The van der Waals surface area contributed by atoms with Crippen molar-refractivity contribution in [1.29, 1.82) is 0 Å². The number of hydrogen-bond donors (Lipinski definition) is 1. The van der Waals surface area contributed by atoms with Crippen LogP contribution in [-0.2, 0) is 16.0 Å². The Morgan fingerprint density at radius 1 is 1.31 bits per heavy atom. The second kappa shape index (κ2) is 9.09. The van der Waals surface area contributed by atoms with E-state index >= 15 is 0 Å². The highest BCUT2D eigenvalue weighted by molar-refractivity contribution is 7.18. The summed E-state index contributed by atoms with van der Waals surface area (Å²) in [5, 5.41) is 3.99. The van der Waals surface area contributed by atoms with Crippen molar-refractivity contribution in [3.05, 3.63) is 29.3 Å². The van der Waals surface area contributed by atoms with E-state index < -0.39 is 0 Å². The minimum absolute atomic E-state index is 0.0251. The lowest BCUT2D eigenvalue weighted by Gasteiger charge is -2.20. The third-order valence-corrected chi connectivity index (χ3v) is 5.57. The summed E-state index contributed by atoms with van der Waals surface area (Å²) in [5.74, 6) is 0.106. The molecule has 26 heavy (non-hydrogen) atoms. The van der Waals surface area contributed by atoms with Gasteiger partial charge < -0.3 is 10.2 Å². The summed E-state index contributed by atoms with van der Waals surface area (Å²) in [7, 11) is 0. The Kier molecular flexibility index (Phi) is 6.57. The molecule has 0 bridgehead atoms. The van der Waals surface area contributed by atoms with E-state index in [1.54, 1.807) is 11.3 Å². The molecule has 3 rings (SSSR count). The molecular formula is C19H26N4O2S. The van der Waals surface area contributed by atoms with Gasteiger partial charge in [0, 0.05) is 32.6 Å². The molecule has 0 saturated carbocycles. The van der Waals surface area contributed by atoms with Crippen LogP contribution in [-0.4, -0.2) is 65.9 Å². The van der Waals surface area contributed by atoms with Crippen LogP contribution in [0, 0.1) is 0 Å². The van der Waals surface area contributed by atoms with Crippen molar-refractivity contribution in [3.63, 3.8) is 0 Å². The number of benzene rings is 1. The van der Waals surface area contributed by atoms with Crippen LogP contribution in [0.25, 0.3) is 10.2 Å². The number of carbonyl (C=O) groups excluding carboxylic acids is 2. The number of fused-ring (bicyclic) bond motifs is 1. The fraction of sp³-hybridized carbons (Fsp3) is 0.526. The Labute approximate surface area is 158 Å². The quantitative estimate of drug-likeness (QED) is 0.804. The molecule has 1 saturated heterocycles. The second-order valence-corrected chi connectivity index (χ2v) is 7.74. The number of amides is 2. The zero-order valence-corrected chi connectivity index (χ0v) is 16.1. The van der Waals surface area contributed by atoms with E-state index in [4.69, 9.17) is 0 Å². The summed E-state index contributed by atoms with van der Waals surface area (Å²) in [4.78, 5) is 32.9. The lowest BCUT2D eigenvalue weighted by atomic mass is 10.3. The zero-order chi connectivity index (χ0) is 18.4. The van der Waals surface area contributed by atoms with E-state index in [1.165, 1.54) is 4.70 Å². The van der Waals surface area contributed by atoms with E-state index in [-0.39, 0.29) is 18.4 Å². The van der Waals surface area contributed by atoms with Gasteiger partial charge in [-0.2, -0.15) is 0 Å². The molecule has 6 nitrogen and oxygen atoms in total. The highest BCUT2D eigenvalue weighted by atomic mass is 32.1. The zero-order valence-electron chi connectivity index (χ0n) is 15.2. The maximum absolute atomic E-state index is 12.2. The minimum atomic E-state index is -0.0251. The van der Waals surface area contributed by atoms with Crippen molar-refractivity contribution in [1.82, 2.24) is 20.1 Å². The number of rotatable bonds is 7. The van der Waals surface area contributed by atoms with Gasteiger partial charge in [-0.1, -0.05) is 19.1 Å². The number of para-hydroxylation sites is 1. The molecule has 7 heteroatoms. The molecule has 1 aromatic carbocycles. The maximum Gasteiger partial charge on any atom is 0.236 e. The van der Waals surface area contributed by atoms with Gasteiger partial charge in [0.05, 0.1) is 28.3 Å². The van der Waals surface area contributed by atoms with Crippen LogP contribution < -0.4 is 5.32 Å². The molecule has 2 heterocycles. The summed E-state index contributed by atoms with van der Waals surface area (Å²) in [6, 6.07) is 8.06. The molecule has 1 aromatic heterocycles. The first kappa shape index (κ1) is 18.8. The number of nitrogens with one attached hydrogen (secondary N) is 1. The van der Waals surface area contributed by atoms with Gasteiger partial charge in [-0.05, 0) is 25.0 Å². The summed E-state index contributed by atoms with van der Waals surface area (Å²) >= 11 is 1.67. The third kappa shape index (κ3) is 5.02. The number of hydrogen-bond acceptors (Lipinski definition) is 5. The van der Waals surface area contributed by atoms with Crippen LogP contribution in [0.2, 0.25) is 0 Å². The van der Waals surface area contributed by atoms with Crippen molar-refractivity contribution >= 4 is 33.4 Å². The smallest absolute Gasteiger partial charge is 0.236 e.